The summed E-state index contributed by atoms with van der Waals surface area (Å²) >= 11 is 0. The molecular weight excluding hydrogens is 166 g/mol. The maximum Gasteiger partial charge on any atom is 0.376 e. The minimum absolute atomic E-state index is 0.575. The van der Waals surface area contributed by atoms with Crippen LogP contribution in [-0.4, -0.2) is 36.0 Å². The highest BCUT2D eigenvalue weighted by Gasteiger charge is 2.24. The number of carbonyl (C=O) groups excluding carboxylic acids is 2. The molecule has 0 saturated carbocycles. The summed E-state index contributed by atoms with van der Waals surface area (Å²) < 4.78 is 4.05. The predicted molar refractivity (Wildman–Crippen MR) is 37.3 cm³/mol. The van der Waals surface area contributed by atoms with E-state index in [0.29, 0.717) is 0 Å². The molecule has 0 spiro atoms. The number of aliphatic carboxylic acids is 1. The Morgan fingerprint density at radius 1 is 1.50 bits per heavy atom. The third-order valence-corrected chi connectivity index (χ3v) is 1.12. The first kappa shape index (κ1) is 10.6. The largest absolute Gasteiger partial charge is 0.481 e. The SMILES string of the molecule is COC(=O)C(=O)[C@@H](N)CC(=O)O. The molecule has 0 rings (SSSR count). The lowest BCUT2D eigenvalue weighted by atomic mass is 10.1. The summed E-state index contributed by atoms with van der Waals surface area (Å²) in [6, 6.07) is -1.32. The molecule has 0 aromatic heterocycles. The highest BCUT2D eigenvalue weighted by molar-refractivity contribution is 6.35. The summed E-state index contributed by atoms with van der Waals surface area (Å²) in [5.41, 5.74) is 5.06. The highest BCUT2D eigenvalue weighted by atomic mass is 16.5. The number of ketones is 1. The van der Waals surface area contributed by atoms with Crippen molar-refractivity contribution >= 4 is 17.7 Å². The summed E-state index contributed by atoms with van der Waals surface area (Å²) in [5.74, 6) is -3.39. The van der Waals surface area contributed by atoms with E-state index in [2.05, 4.69) is 4.74 Å². The zero-order valence-corrected chi connectivity index (χ0v) is 6.44. The van der Waals surface area contributed by atoms with Crippen LogP contribution in [0.2, 0.25) is 0 Å². The molecule has 6 heteroatoms. The standard InChI is InChI=1S/C6H9NO5/c1-12-6(11)5(10)3(7)2-4(8)9/h3H,2,7H2,1H3,(H,8,9)/t3-/m0/s1. The molecule has 0 amide bonds. The van der Waals surface area contributed by atoms with Gasteiger partial charge in [0.05, 0.1) is 19.6 Å². The highest BCUT2D eigenvalue weighted by Crippen LogP contribution is 1.92. The van der Waals surface area contributed by atoms with Crippen molar-refractivity contribution in [3.05, 3.63) is 0 Å². The molecule has 0 aromatic carbocycles. The molecule has 0 aliphatic heterocycles. The molecule has 0 radical (unpaired) electrons. The molecule has 3 N–H and O–H groups in total. The van der Waals surface area contributed by atoms with Crippen LogP contribution in [0.4, 0.5) is 0 Å². The van der Waals surface area contributed by atoms with E-state index in [9.17, 15) is 14.4 Å². The van der Waals surface area contributed by atoms with Crippen LogP contribution in [-0.2, 0) is 19.1 Å². The van der Waals surface area contributed by atoms with Gasteiger partial charge in [-0.3, -0.25) is 9.59 Å². The van der Waals surface area contributed by atoms with E-state index in [4.69, 9.17) is 10.8 Å². The van der Waals surface area contributed by atoms with Crippen LogP contribution in [0.1, 0.15) is 6.42 Å². The molecule has 0 unspecified atom stereocenters. The molecule has 0 aromatic rings. The zero-order chi connectivity index (χ0) is 9.72. The number of rotatable bonds is 4. The smallest absolute Gasteiger partial charge is 0.376 e. The van der Waals surface area contributed by atoms with Gasteiger partial charge in [0.2, 0.25) is 0 Å². The average Bonchev–Trinajstić information content (AvgIpc) is 2.00. The number of carbonyl (C=O) groups is 3. The summed E-state index contributed by atoms with van der Waals surface area (Å²) in [5, 5.41) is 8.20. The maximum absolute atomic E-state index is 10.7. The Balaban J connectivity index is 4.10. The first-order chi connectivity index (χ1) is 5.49. The van der Waals surface area contributed by atoms with E-state index >= 15 is 0 Å². The van der Waals surface area contributed by atoms with Crippen LogP contribution in [0.3, 0.4) is 0 Å². The third kappa shape index (κ3) is 3.11. The van der Waals surface area contributed by atoms with Gasteiger partial charge < -0.3 is 15.6 Å². The Kier molecular flexibility index (Phi) is 3.92. The first-order valence-corrected chi connectivity index (χ1v) is 3.08. The van der Waals surface area contributed by atoms with Crippen molar-refractivity contribution in [2.45, 2.75) is 12.5 Å². The molecule has 0 fully saturated rings. The van der Waals surface area contributed by atoms with Crippen LogP contribution in [0.5, 0.6) is 0 Å². The van der Waals surface area contributed by atoms with Crippen molar-refractivity contribution in [3.8, 4) is 0 Å². The average molecular weight is 175 g/mol. The number of carboxylic acids is 1. The number of ether oxygens (including phenoxy) is 1. The molecule has 0 bridgehead atoms. The Morgan fingerprint density at radius 3 is 2.33 bits per heavy atom. The number of methoxy groups -OCH3 is 1. The Labute approximate surface area is 68.3 Å². The van der Waals surface area contributed by atoms with E-state index < -0.39 is 30.2 Å². The van der Waals surface area contributed by atoms with Gasteiger partial charge in [-0.1, -0.05) is 0 Å². The molecule has 68 valence electrons. The zero-order valence-electron chi connectivity index (χ0n) is 6.44. The lowest BCUT2D eigenvalue weighted by molar-refractivity contribution is -0.153. The van der Waals surface area contributed by atoms with E-state index in [1.165, 1.54) is 0 Å². The fourth-order valence-electron chi connectivity index (χ4n) is 0.533. The molecule has 0 aliphatic rings. The second-order valence-corrected chi connectivity index (χ2v) is 2.06. The molecule has 0 aliphatic carbocycles. The number of carboxylic acid groups (broad SMARTS) is 1. The fourth-order valence-corrected chi connectivity index (χ4v) is 0.533. The Bertz CT molecular complexity index is 212. The van der Waals surface area contributed by atoms with Crippen molar-refractivity contribution in [1.82, 2.24) is 0 Å². The quantitative estimate of drug-likeness (QED) is 0.399. The van der Waals surface area contributed by atoms with Crippen molar-refractivity contribution in [2.75, 3.05) is 7.11 Å². The second-order valence-electron chi connectivity index (χ2n) is 2.06. The molecular formula is C6H9NO5. The molecule has 0 saturated heterocycles. The Morgan fingerprint density at radius 2 is 2.00 bits per heavy atom. The van der Waals surface area contributed by atoms with Gasteiger partial charge in [0.25, 0.3) is 5.78 Å². The summed E-state index contributed by atoms with van der Waals surface area (Å²) in [4.78, 5) is 31.3. The number of hydrogen-bond donors (Lipinski definition) is 2. The van der Waals surface area contributed by atoms with Crippen molar-refractivity contribution in [2.24, 2.45) is 5.73 Å². The lowest BCUT2D eigenvalue weighted by Crippen LogP contribution is -2.38. The van der Waals surface area contributed by atoms with Crippen LogP contribution in [0, 0.1) is 0 Å². The summed E-state index contributed by atoms with van der Waals surface area (Å²) in [6.45, 7) is 0. The molecule has 6 nitrogen and oxygen atoms in total. The van der Waals surface area contributed by atoms with E-state index in [1.807, 2.05) is 0 Å². The van der Waals surface area contributed by atoms with E-state index in [-0.39, 0.29) is 0 Å². The van der Waals surface area contributed by atoms with Gasteiger partial charge in [-0.15, -0.1) is 0 Å². The molecule has 12 heavy (non-hydrogen) atoms. The number of esters is 1. The second kappa shape index (κ2) is 4.45. The van der Waals surface area contributed by atoms with Crippen LogP contribution in [0.15, 0.2) is 0 Å². The van der Waals surface area contributed by atoms with Gasteiger partial charge in [-0.25, -0.2) is 4.79 Å². The van der Waals surface area contributed by atoms with Gasteiger partial charge in [-0.05, 0) is 0 Å². The van der Waals surface area contributed by atoms with Crippen molar-refractivity contribution < 1.29 is 24.2 Å². The van der Waals surface area contributed by atoms with Gasteiger partial charge in [0, 0.05) is 0 Å². The van der Waals surface area contributed by atoms with E-state index in [1.54, 1.807) is 0 Å². The van der Waals surface area contributed by atoms with Crippen LogP contribution < -0.4 is 5.73 Å². The molecule has 1 atom stereocenters. The van der Waals surface area contributed by atoms with Crippen LogP contribution >= 0.6 is 0 Å². The van der Waals surface area contributed by atoms with Gasteiger partial charge in [0.15, 0.2) is 0 Å². The monoisotopic (exact) mass is 175 g/mol. The Hall–Kier alpha value is -1.43. The summed E-state index contributed by atoms with van der Waals surface area (Å²) in [6.07, 6.45) is -0.575. The minimum atomic E-state index is -1.32. The first-order valence-electron chi connectivity index (χ1n) is 3.08. The van der Waals surface area contributed by atoms with Gasteiger partial charge >= 0.3 is 11.9 Å². The normalized spacial score (nSPS) is 11.8. The summed E-state index contributed by atoms with van der Waals surface area (Å²) in [7, 11) is 1.02. The van der Waals surface area contributed by atoms with E-state index in [0.717, 1.165) is 7.11 Å². The number of hydrogen-bond acceptors (Lipinski definition) is 5. The lowest BCUT2D eigenvalue weighted by Gasteiger charge is -2.04. The topological polar surface area (TPSA) is 107 Å². The van der Waals surface area contributed by atoms with Crippen molar-refractivity contribution in [1.29, 1.82) is 0 Å². The van der Waals surface area contributed by atoms with Crippen molar-refractivity contribution in [3.63, 3.8) is 0 Å². The maximum atomic E-state index is 10.7. The van der Waals surface area contributed by atoms with Gasteiger partial charge in [-0.2, -0.15) is 0 Å². The van der Waals surface area contributed by atoms with Crippen LogP contribution in [0.25, 0.3) is 0 Å². The number of nitrogens with two attached hydrogens (primary N) is 1. The fraction of sp³-hybridized carbons (Fsp3) is 0.500. The van der Waals surface area contributed by atoms with Gasteiger partial charge in [0.1, 0.15) is 0 Å². The minimum Gasteiger partial charge on any atom is -0.481 e. The predicted octanol–water partition coefficient (Wildman–Crippen LogP) is -1.47. The number of Topliss-reactive ketones (excluding diaryl/α,β-unsaturated/α-hetero) is 1. The molecule has 0 heterocycles. The third-order valence-electron chi connectivity index (χ3n) is 1.12.